The van der Waals surface area contributed by atoms with Crippen LogP contribution in [0.25, 0.3) is 4.96 Å². The van der Waals surface area contributed by atoms with Crippen LogP contribution in [0.2, 0.25) is 0 Å². The lowest BCUT2D eigenvalue weighted by Gasteiger charge is -2.19. The highest BCUT2D eigenvalue weighted by molar-refractivity contribution is 7.16. The van der Waals surface area contributed by atoms with Gasteiger partial charge < -0.3 is 5.32 Å². The molecule has 0 fully saturated rings. The Bertz CT molecular complexity index is 903. The van der Waals surface area contributed by atoms with Gasteiger partial charge in [0.1, 0.15) is 5.01 Å². The summed E-state index contributed by atoms with van der Waals surface area (Å²) in [6, 6.07) is 9.93. The number of anilines is 1. The van der Waals surface area contributed by atoms with Gasteiger partial charge in [-0.05, 0) is 29.5 Å². The molecule has 0 aliphatic carbocycles. The molecular formula is C18H22N4OS. The molecule has 0 bridgehead atoms. The van der Waals surface area contributed by atoms with Gasteiger partial charge in [0.2, 0.25) is 4.96 Å². The summed E-state index contributed by atoms with van der Waals surface area (Å²) in [5.74, 6) is 0. The molecule has 0 saturated carbocycles. The minimum atomic E-state index is -0.129. The summed E-state index contributed by atoms with van der Waals surface area (Å²) in [5.41, 5.74) is 3.05. The maximum atomic E-state index is 12.1. The van der Waals surface area contributed by atoms with Crippen molar-refractivity contribution in [3.8, 4) is 0 Å². The van der Waals surface area contributed by atoms with E-state index >= 15 is 0 Å². The molecule has 1 N–H and O–H groups in total. The van der Waals surface area contributed by atoms with Crippen molar-refractivity contribution in [3.63, 3.8) is 0 Å². The summed E-state index contributed by atoms with van der Waals surface area (Å²) in [7, 11) is 0. The largest absolute Gasteiger partial charge is 0.379 e. The van der Waals surface area contributed by atoms with Crippen LogP contribution in [-0.4, -0.2) is 14.6 Å². The Balaban J connectivity index is 1.77. The second-order valence-corrected chi connectivity index (χ2v) is 7.85. The maximum absolute atomic E-state index is 12.1. The van der Waals surface area contributed by atoms with Crippen LogP contribution in [0.5, 0.6) is 0 Å². The first-order chi connectivity index (χ1) is 11.4. The molecule has 0 radical (unpaired) electrons. The third-order valence-corrected chi connectivity index (χ3v) is 4.92. The van der Waals surface area contributed by atoms with E-state index in [-0.39, 0.29) is 11.0 Å². The average molecular weight is 342 g/mol. The first kappa shape index (κ1) is 16.6. The molecule has 126 valence electrons. The highest BCUT2D eigenvalue weighted by Crippen LogP contribution is 2.23. The number of fused-ring (bicyclic) bond motifs is 1. The lowest BCUT2D eigenvalue weighted by atomic mass is 9.87. The van der Waals surface area contributed by atoms with Crippen molar-refractivity contribution in [2.24, 2.45) is 0 Å². The number of rotatable bonds is 4. The molecule has 0 saturated heterocycles. The van der Waals surface area contributed by atoms with Crippen LogP contribution in [0.4, 0.5) is 5.69 Å². The van der Waals surface area contributed by atoms with Crippen LogP contribution in [0.3, 0.4) is 0 Å². The summed E-state index contributed by atoms with van der Waals surface area (Å²) in [6.07, 6.45) is 0.807. The van der Waals surface area contributed by atoms with Gasteiger partial charge in [-0.1, -0.05) is 51.2 Å². The van der Waals surface area contributed by atoms with Crippen LogP contribution < -0.4 is 10.9 Å². The summed E-state index contributed by atoms with van der Waals surface area (Å²) in [4.78, 5) is 17.3. The second kappa shape index (κ2) is 6.36. The van der Waals surface area contributed by atoms with Gasteiger partial charge in [0.05, 0.1) is 12.2 Å². The van der Waals surface area contributed by atoms with E-state index in [0.29, 0.717) is 11.5 Å². The molecule has 24 heavy (non-hydrogen) atoms. The molecule has 0 spiro atoms. The smallest absolute Gasteiger partial charge is 0.275 e. The van der Waals surface area contributed by atoms with Crippen LogP contribution in [0.1, 0.15) is 44.0 Å². The number of hydrogen-bond acceptors (Lipinski definition) is 5. The zero-order valence-corrected chi connectivity index (χ0v) is 15.3. The van der Waals surface area contributed by atoms with E-state index in [9.17, 15) is 4.79 Å². The first-order valence-electron chi connectivity index (χ1n) is 8.10. The van der Waals surface area contributed by atoms with E-state index in [0.717, 1.165) is 22.8 Å². The van der Waals surface area contributed by atoms with Gasteiger partial charge >= 0.3 is 0 Å². The number of benzene rings is 1. The Hall–Kier alpha value is -2.21. The summed E-state index contributed by atoms with van der Waals surface area (Å²) in [5, 5.41) is 8.51. The summed E-state index contributed by atoms with van der Waals surface area (Å²) in [6.45, 7) is 9.12. The molecule has 0 amide bonds. The summed E-state index contributed by atoms with van der Waals surface area (Å²) >= 11 is 1.46. The van der Waals surface area contributed by atoms with Gasteiger partial charge in [-0.15, -0.1) is 0 Å². The van der Waals surface area contributed by atoms with Crippen molar-refractivity contribution in [3.05, 3.63) is 57.0 Å². The van der Waals surface area contributed by atoms with Gasteiger partial charge in [-0.3, -0.25) is 4.79 Å². The second-order valence-electron chi connectivity index (χ2n) is 6.81. The molecule has 0 unspecified atom stereocenters. The molecule has 2 aromatic heterocycles. The standard InChI is InChI=1S/C18H22N4OS/c1-5-15-21-22-16(23)10-14(20-17(22)24-15)11-19-13-8-6-12(7-9-13)18(2,3)4/h6-10,19H,5,11H2,1-4H3. The molecule has 1 aromatic carbocycles. The number of aromatic nitrogens is 3. The molecule has 6 heteroatoms. The lowest BCUT2D eigenvalue weighted by Crippen LogP contribution is -2.17. The topological polar surface area (TPSA) is 59.3 Å². The van der Waals surface area contributed by atoms with Crippen LogP contribution in [0, 0.1) is 0 Å². The Kier molecular flexibility index (Phi) is 4.41. The number of nitrogens with zero attached hydrogens (tertiary/aromatic N) is 3. The number of nitrogens with one attached hydrogen (secondary N) is 1. The SMILES string of the molecule is CCc1nn2c(=O)cc(CNc3ccc(C(C)(C)C)cc3)nc2s1. The fourth-order valence-corrected chi connectivity index (χ4v) is 3.27. The van der Waals surface area contributed by atoms with Crippen LogP contribution in [0.15, 0.2) is 35.1 Å². The monoisotopic (exact) mass is 342 g/mol. The Morgan fingerprint density at radius 2 is 1.92 bits per heavy atom. The highest BCUT2D eigenvalue weighted by Gasteiger charge is 2.13. The minimum absolute atomic E-state index is 0.129. The van der Waals surface area contributed by atoms with Crippen molar-refractivity contribution < 1.29 is 0 Å². The Morgan fingerprint density at radius 3 is 2.54 bits per heavy atom. The molecule has 0 aliphatic heterocycles. The molecular weight excluding hydrogens is 320 g/mol. The van der Waals surface area contributed by atoms with Gasteiger partial charge in [-0.25, -0.2) is 4.98 Å². The zero-order chi connectivity index (χ0) is 17.3. The normalized spacial score (nSPS) is 11.8. The fourth-order valence-electron chi connectivity index (χ4n) is 2.41. The zero-order valence-electron chi connectivity index (χ0n) is 14.5. The van der Waals surface area contributed by atoms with Gasteiger partial charge in [-0.2, -0.15) is 9.61 Å². The summed E-state index contributed by atoms with van der Waals surface area (Å²) < 4.78 is 1.38. The van der Waals surface area contributed by atoms with E-state index in [1.54, 1.807) is 6.07 Å². The predicted octanol–water partition coefficient (Wildman–Crippen LogP) is 3.62. The Labute approximate surface area is 145 Å². The average Bonchev–Trinajstić information content (AvgIpc) is 2.96. The van der Waals surface area contributed by atoms with Gasteiger partial charge in [0, 0.05) is 11.8 Å². The predicted molar refractivity (Wildman–Crippen MR) is 99.0 cm³/mol. The molecule has 0 atom stereocenters. The lowest BCUT2D eigenvalue weighted by molar-refractivity contribution is 0.590. The maximum Gasteiger partial charge on any atom is 0.275 e. The molecule has 3 aromatic rings. The first-order valence-corrected chi connectivity index (χ1v) is 8.91. The van der Waals surface area contributed by atoms with Crippen LogP contribution >= 0.6 is 11.3 Å². The van der Waals surface area contributed by atoms with E-state index < -0.39 is 0 Å². The number of aryl methyl sites for hydroxylation is 1. The molecule has 0 aliphatic rings. The van der Waals surface area contributed by atoms with E-state index in [2.05, 4.69) is 60.4 Å². The van der Waals surface area contributed by atoms with Gasteiger partial charge in [0.15, 0.2) is 0 Å². The van der Waals surface area contributed by atoms with E-state index in [1.165, 1.54) is 21.4 Å². The third kappa shape index (κ3) is 3.48. The number of hydrogen-bond donors (Lipinski definition) is 1. The molecule has 5 nitrogen and oxygen atoms in total. The van der Waals surface area contributed by atoms with Crippen molar-refractivity contribution in [2.75, 3.05) is 5.32 Å². The molecule has 2 heterocycles. The van der Waals surface area contributed by atoms with Crippen molar-refractivity contribution in [1.82, 2.24) is 14.6 Å². The highest BCUT2D eigenvalue weighted by atomic mass is 32.1. The van der Waals surface area contributed by atoms with E-state index in [1.807, 2.05) is 6.92 Å². The minimum Gasteiger partial charge on any atom is -0.379 e. The van der Waals surface area contributed by atoms with Crippen molar-refractivity contribution in [1.29, 1.82) is 0 Å². The molecule has 3 rings (SSSR count). The van der Waals surface area contributed by atoms with Crippen molar-refractivity contribution in [2.45, 2.75) is 46.1 Å². The van der Waals surface area contributed by atoms with Crippen molar-refractivity contribution >= 4 is 22.0 Å². The third-order valence-electron chi connectivity index (χ3n) is 3.87. The van der Waals surface area contributed by atoms with Crippen LogP contribution in [-0.2, 0) is 18.4 Å². The van der Waals surface area contributed by atoms with Gasteiger partial charge in [0.25, 0.3) is 5.56 Å². The van der Waals surface area contributed by atoms with E-state index in [4.69, 9.17) is 0 Å². The quantitative estimate of drug-likeness (QED) is 0.787. The fraction of sp³-hybridized carbons (Fsp3) is 0.389. The Morgan fingerprint density at radius 1 is 1.21 bits per heavy atom.